The number of rotatable bonds is 3. The van der Waals surface area contributed by atoms with Crippen LogP contribution in [-0.4, -0.2) is 15.0 Å². The van der Waals surface area contributed by atoms with Gasteiger partial charge in [0.2, 0.25) is 0 Å². The summed E-state index contributed by atoms with van der Waals surface area (Å²) in [6, 6.07) is 5.28. The third-order valence-electron chi connectivity index (χ3n) is 2.35. The molecule has 0 amide bonds. The van der Waals surface area contributed by atoms with Gasteiger partial charge in [-0.25, -0.2) is 4.68 Å². The Hall–Kier alpha value is -0.580. The maximum atomic E-state index is 6.10. The van der Waals surface area contributed by atoms with Crippen molar-refractivity contribution in [3.05, 3.63) is 40.1 Å². The zero-order chi connectivity index (χ0) is 12.4. The predicted octanol–water partition coefficient (Wildman–Crippen LogP) is 4.42. The Labute approximate surface area is 118 Å². The van der Waals surface area contributed by atoms with Crippen LogP contribution in [0.25, 0.3) is 5.69 Å². The van der Waals surface area contributed by atoms with E-state index in [0.29, 0.717) is 10.0 Å². The molecule has 1 unspecified atom stereocenters. The lowest BCUT2D eigenvalue weighted by Crippen LogP contribution is -1.95. The molecule has 3 nitrogen and oxygen atoms in total. The Bertz CT molecular complexity index is 527. The van der Waals surface area contributed by atoms with Crippen molar-refractivity contribution in [1.82, 2.24) is 15.0 Å². The van der Waals surface area contributed by atoms with Crippen molar-refractivity contribution >= 4 is 39.1 Å². The summed E-state index contributed by atoms with van der Waals surface area (Å²) in [7, 11) is 0. The summed E-state index contributed by atoms with van der Waals surface area (Å²) in [6.45, 7) is 2.08. The van der Waals surface area contributed by atoms with Crippen molar-refractivity contribution in [3.63, 3.8) is 0 Å². The Morgan fingerprint density at radius 3 is 2.82 bits per heavy atom. The first-order valence-electron chi connectivity index (χ1n) is 5.13. The molecule has 0 N–H and O–H groups in total. The van der Waals surface area contributed by atoms with Gasteiger partial charge in [-0.3, -0.25) is 0 Å². The van der Waals surface area contributed by atoms with E-state index >= 15 is 0 Å². The molecule has 0 bridgehead atoms. The fraction of sp³-hybridized carbons (Fsp3) is 0.273. The number of nitrogens with zero attached hydrogens (tertiary/aromatic N) is 3. The number of benzene rings is 1. The fourth-order valence-electron chi connectivity index (χ4n) is 1.41. The van der Waals surface area contributed by atoms with Crippen molar-refractivity contribution in [1.29, 1.82) is 0 Å². The monoisotopic (exact) mass is 333 g/mol. The zero-order valence-electron chi connectivity index (χ0n) is 9.07. The molecule has 0 aliphatic carbocycles. The van der Waals surface area contributed by atoms with Crippen LogP contribution in [0.4, 0.5) is 0 Å². The molecule has 2 aromatic rings. The largest absolute Gasteiger partial charge is 0.219 e. The van der Waals surface area contributed by atoms with Gasteiger partial charge in [0, 0.05) is 5.02 Å². The quantitative estimate of drug-likeness (QED) is 0.778. The highest BCUT2D eigenvalue weighted by atomic mass is 79.9. The number of halogens is 3. The Kier molecular flexibility index (Phi) is 4.07. The zero-order valence-corrected chi connectivity index (χ0v) is 12.2. The van der Waals surface area contributed by atoms with E-state index in [4.69, 9.17) is 23.2 Å². The molecular weight excluding hydrogens is 325 g/mol. The summed E-state index contributed by atoms with van der Waals surface area (Å²) < 4.78 is 1.65. The standard InChI is InChI=1S/C11H10BrCl2N3/c1-2-8(12)10-6-17(16-15-10)11-4-3-7(13)5-9(11)14/h3-6,8H,2H2,1H3. The summed E-state index contributed by atoms with van der Waals surface area (Å²) in [6.07, 6.45) is 2.81. The maximum Gasteiger partial charge on any atom is 0.0967 e. The smallest absolute Gasteiger partial charge is 0.0967 e. The van der Waals surface area contributed by atoms with Gasteiger partial charge < -0.3 is 0 Å². The second kappa shape index (κ2) is 5.38. The molecule has 0 radical (unpaired) electrons. The van der Waals surface area contributed by atoms with Crippen molar-refractivity contribution < 1.29 is 0 Å². The molecule has 0 fully saturated rings. The van der Waals surface area contributed by atoms with Crippen LogP contribution in [0.15, 0.2) is 24.4 Å². The first kappa shape index (κ1) is 12.9. The molecular formula is C11H10BrCl2N3. The van der Waals surface area contributed by atoms with E-state index in [1.165, 1.54) is 0 Å². The first-order valence-corrected chi connectivity index (χ1v) is 6.80. The van der Waals surface area contributed by atoms with Crippen molar-refractivity contribution in [2.75, 3.05) is 0 Å². The molecule has 1 aromatic carbocycles. The molecule has 1 heterocycles. The van der Waals surface area contributed by atoms with Crippen LogP contribution in [0.3, 0.4) is 0 Å². The molecule has 0 saturated carbocycles. The van der Waals surface area contributed by atoms with E-state index in [1.807, 2.05) is 12.3 Å². The van der Waals surface area contributed by atoms with Gasteiger partial charge in [-0.05, 0) is 24.6 Å². The van der Waals surface area contributed by atoms with E-state index in [1.54, 1.807) is 16.8 Å². The number of hydrogen-bond donors (Lipinski definition) is 0. The van der Waals surface area contributed by atoms with Gasteiger partial charge in [-0.1, -0.05) is 51.3 Å². The number of aromatic nitrogens is 3. The second-order valence-corrected chi connectivity index (χ2v) is 5.51. The van der Waals surface area contributed by atoms with Crippen molar-refractivity contribution in [2.24, 2.45) is 0 Å². The molecule has 1 aromatic heterocycles. The number of hydrogen-bond acceptors (Lipinski definition) is 2. The van der Waals surface area contributed by atoms with Gasteiger partial charge in [0.1, 0.15) is 0 Å². The highest BCUT2D eigenvalue weighted by molar-refractivity contribution is 9.09. The molecule has 90 valence electrons. The average Bonchev–Trinajstić information content (AvgIpc) is 2.77. The minimum atomic E-state index is 0.210. The third-order valence-corrected chi connectivity index (χ3v) is 4.00. The highest BCUT2D eigenvalue weighted by Crippen LogP contribution is 2.27. The topological polar surface area (TPSA) is 30.7 Å². The van der Waals surface area contributed by atoms with E-state index in [-0.39, 0.29) is 4.83 Å². The third kappa shape index (κ3) is 2.81. The van der Waals surface area contributed by atoms with E-state index in [0.717, 1.165) is 17.8 Å². The molecule has 2 rings (SSSR count). The van der Waals surface area contributed by atoms with E-state index in [9.17, 15) is 0 Å². The minimum Gasteiger partial charge on any atom is -0.219 e. The predicted molar refractivity (Wildman–Crippen MR) is 73.3 cm³/mol. The molecule has 0 aliphatic rings. The molecule has 0 spiro atoms. The summed E-state index contributed by atoms with van der Waals surface area (Å²) in [4.78, 5) is 0.210. The average molecular weight is 335 g/mol. The molecule has 0 aliphatic heterocycles. The molecule has 1 atom stereocenters. The van der Waals surface area contributed by atoms with E-state index in [2.05, 4.69) is 33.2 Å². The van der Waals surface area contributed by atoms with Crippen LogP contribution in [0.5, 0.6) is 0 Å². The Balaban J connectivity index is 2.37. The van der Waals surface area contributed by atoms with E-state index < -0.39 is 0 Å². The molecule has 17 heavy (non-hydrogen) atoms. The van der Waals surface area contributed by atoms with Crippen LogP contribution in [0, 0.1) is 0 Å². The summed E-state index contributed by atoms with van der Waals surface area (Å²) in [5.41, 5.74) is 1.66. The highest BCUT2D eigenvalue weighted by Gasteiger charge is 2.11. The lowest BCUT2D eigenvalue weighted by atomic mass is 10.3. The fourth-order valence-corrected chi connectivity index (χ4v) is 2.12. The number of alkyl halides is 1. The SMILES string of the molecule is CCC(Br)c1cn(-c2ccc(Cl)cc2Cl)nn1. The van der Waals surface area contributed by atoms with Crippen molar-refractivity contribution in [2.45, 2.75) is 18.2 Å². The molecule has 6 heteroatoms. The summed E-state index contributed by atoms with van der Waals surface area (Å²) in [5, 5.41) is 9.31. The van der Waals surface area contributed by atoms with Crippen LogP contribution < -0.4 is 0 Å². The van der Waals surface area contributed by atoms with Gasteiger partial charge >= 0.3 is 0 Å². The van der Waals surface area contributed by atoms with Crippen LogP contribution in [0.1, 0.15) is 23.9 Å². The Morgan fingerprint density at radius 2 is 2.18 bits per heavy atom. The van der Waals surface area contributed by atoms with Gasteiger partial charge in [0.15, 0.2) is 0 Å². The maximum absolute atomic E-state index is 6.10. The van der Waals surface area contributed by atoms with Gasteiger partial charge in [-0.2, -0.15) is 0 Å². The lowest BCUT2D eigenvalue weighted by molar-refractivity contribution is 0.790. The first-order chi connectivity index (χ1) is 8.11. The lowest BCUT2D eigenvalue weighted by Gasteiger charge is -2.03. The molecule has 0 saturated heterocycles. The van der Waals surface area contributed by atoms with Crippen LogP contribution >= 0.6 is 39.1 Å². The van der Waals surface area contributed by atoms with Gasteiger partial charge in [-0.15, -0.1) is 5.10 Å². The minimum absolute atomic E-state index is 0.210. The summed E-state index contributed by atoms with van der Waals surface area (Å²) >= 11 is 15.5. The van der Waals surface area contributed by atoms with Crippen LogP contribution in [0.2, 0.25) is 10.0 Å². The normalized spacial score (nSPS) is 12.7. The van der Waals surface area contributed by atoms with Gasteiger partial charge in [0.25, 0.3) is 0 Å². The summed E-state index contributed by atoms with van der Waals surface area (Å²) in [5.74, 6) is 0. The second-order valence-electron chi connectivity index (χ2n) is 3.56. The van der Waals surface area contributed by atoms with Crippen LogP contribution in [-0.2, 0) is 0 Å². The van der Waals surface area contributed by atoms with Crippen molar-refractivity contribution in [3.8, 4) is 5.69 Å². The van der Waals surface area contributed by atoms with Gasteiger partial charge in [0.05, 0.1) is 27.4 Å². The Morgan fingerprint density at radius 1 is 1.41 bits per heavy atom.